The minimum absolute atomic E-state index is 0.00328. The molecule has 0 bridgehead atoms. The lowest BCUT2D eigenvalue weighted by Gasteiger charge is -2.15. The molecule has 48 valence electrons. The third-order valence-electron chi connectivity index (χ3n) is 0.812. The zero-order valence-electron chi connectivity index (χ0n) is 5.33. The lowest BCUT2D eigenvalue weighted by Crippen LogP contribution is -2.03. The Morgan fingerprint density at radius 2 is 1.75 bits per heavy atom. The molecule has 0 aromatic carbocycles. The summed E-state index contributed by atoms with van der Waals surface area (Å²) >= 11 is 11.0. The third kappa shape index (κ3) is 2.58. The van der Waals surface area contributed by atoms with Gasteiger partial charge in [0.05, 0.1) is 0 Å². The molecule has 0 atom stereocenters. The number of hydrogen-bond donors (Lipinski definition) is 0. The predicted octanol–water partition coefficient (Wildman–Crippen LogP) is 3.35. The van der Waals surface area contributed by atoms with Crippen LogP contribution in [0.15, 0.2) is 10.6 Å². The van der Waals surface area contributed by atoms with Crippen molar-refractivity contribution < 1.29 is 0 Å². The van der Waals surface area contributed by atoms with E-state index in [0.29, 0.717) is 5.03 Å². The molecule has 0 radical (unpaired) electrons. The molecular formula is C6H10Cl2. The van der Waals surface area contributed by atoms with E-state index in [9.17, 15) is 0 Å². The zero-order chi connectivity index (χ0) is 6.78. The molecule has 0 fully saturated rings. The fraction of sp³-hybridized carbons (Fsp3) is 0.667. The van der Waals surface area contributed by atoms with E-state index in [1.54, 1.807) is 0 Å². The topological polar surface area (TPSA) is 0 Å². The van der Waals surface area contributed by atoms with Gasteiger partial charge in [-0.25, -0.2) is 0 Å². The van der Waals surface area contributed by atoms with Crippen LogP contribution in [-0.4, -0.2) is 0 Å². The van der Waals surface area contributed by atoms with Crippen LogP contribution in [0.1, 0.15) is 20.8 Å². The molecular weight excluding hydrogens is 143 g/mol. The molecule has 0 spiro atoms. The van der Waals surface area contributed by atoms with E-state index in [-0.39, 0.29) is 5.41 Å². The van der Waals surface area contributed by atoms with Gasteiger partial charge in [-0.05, 0) is 5.41 Å². The number of rotatable bonds is 0. The van der Waals surface area contributed by atoms with Gasteiger partial charge in [0.1, 0.15) is 0 Å². The van der Waals surface area contributed by atoms with Gasteiger partial charge in [-0.15, -0.1) is 0 Å². The summed E-state index contributed by atoms with van der Waals surface area (Å²) in [5.74, 6) is 0. The normalized spacial score (nSPS) is 14.4. The first kappa shape index (κ1) is 8.32. The summed E-state index contributed by atoms with van der Waals surface area (Å²) in [6.45, 7) is 6.02. The Hall–Kier alpha value is 0.320. The molecule has 0 heterocycles. The minimum atomic E-state index is 0.00328. The van der Waals surface area contributed by atoms with Gasteiger partial charge in [-0.2, -0.15) is 0 Å². The average Bonchev–Trinajstić information content (AvgIpc) is 1.62. The Bertz CT molecular complexity index is 97.6. The van der Waals surface area contributed by atoms with Crippen molar-refractivity contribution in [3.8, 4) is 0 Å². The molecule has 2 heteroatoms. The summed E-state index contributed by atoms with van der Waals surface area (Å²) in [6.07, 6.45) is 0. The summed E-state index contributed by atoms with van der Waals surface area (Å²) in [5.41, 5.74) is 1.41. The van der Waals surface area contributed by atoms with Crippen LogP contribution in [0.2, 0.25) is 0 Å². The Morgan fingerprint density at radius 1 is 1.38 bits per heavy atom. The monoisotopic (exact) mass is 152 g/mol. The van der Waals surface area contributed by atoms with Gasteiger partial charge in [0.2, 0.25) is 0 Å². The lowest BCUT2D eigenvalue weighted by atomic mass is 9.97. The molecule has 0 nitrogen and oxygen atoms in total. The van der Waals surface area contributed by atoms with Crippen molar-refractivity contribution in [2.45, 2.75) is 20.8 Å². The van der Waals surface area contributed by atoms with Crippen LogP contribution in [0.5, 0.6) is 0 Å². The SMILES string of the molecule is CC(C)(C)/C(Cl)=C/Cl. The maximum Gasteiger partial charge on any atom is 0.0347 e. The van der Waals surface area contributed by atoms with E-state index in [1.165, 1.54) is 5.54 Å². The van der Waals surface area contributed by atoms with Crippen LogP contribution < -0.4 is 0 Å². The van der Waals surface area contributed by atoms with E-state index < -0.39 is 0 Å². The molecule has 8 heavy (non-hydrogen) atoms. The van der Waals surface area contributed by atoms with Crippen LogP contribution in [-0.2, 0) is 0 Å². The van der Waals surface area contributed by atoms with Gasteiger partial charge in [0, 0.05) is 10.6 Å². The first-order chi connectivity index (χ1) is 3.48. The highest BCUT2D eigenvalue weighted by molar-refractivity contribution is 6.36. The number of hydrogen-bond acceptors (Lipinski definition) is 0. The molecule has 0 aliphatic rings. The van der Waals surface area contributed by atoms with Crippen molar-refractivity contribution >= 4 is 23.2 Å². The molecule has 0 unspecified atom stereocenters. The second kappa shape index (κ2) is 2.75. The molecule has 0 N–H and O–H groups in total. The predicted molar refractivity (Wildman–Crippen MR) is 39.2 cm³/mol. The lowest BCUT2D eigenvalue weighted by molar-refractivity contribution is 0.531. The van der Waals surface area contributed by atoms with Crippen LogP contribution in [0.4, 0.5) is 0 Å². The fourth-order valence-corrected chi connectivity index (χ4v) is 0.491. The molecule has 0 rings (SSSR count). The first-order valence-electron chi connectivity index (χ1n) is 2.45. The van der Waals surface area contributed by atoms with Gasteiger partial charge in [-0.1, -0.05) is 44.0 Å². The van der Waals surface area contributed by atoms with Crippen LogP contribution in [0.3, 0.4) is 0 Å². The highest BCUT2D eigenvalue weighted by atomic mass is 35.5. The molecule has 0 aliphatic carbocycles. The van der Waals surface area contributed by atoms with Crippen molar-refractivity contribution in [3.63, 3.8) is 0 Å². The molecule has 0 saturated heterocycles. The Kier molecular flexibility index (Phi) is 2.86. The molecule has 0 aliphatic heterocycles. The summed E-state index contributed by atoms with van der Waals surface area (Å²) in [7, 11) is 0. The van der Waals surface area contributed by atoms with Crippen LogP contribution in [0.25, 0.3) is 0 Å². The van der Waals surface area contributed by atoms with E-state index >= 15 is 0 Å². The van der Waals surface area contributed by atoms with Crippen molar-refractivity contribution in [2.75, 3.05) is 0 Å². The Morgan fingerprint density at radius 3 is 1.75 bits per heavy atom. The quantitative estimate of drug-likeness (QED) is 0.500. The maximum atomic E-state index is 5.67. The molecule has 0 aromatic heterocycles. The van der Waals surface area contributed by atoms with Gasteiger partial charge < -0.3 is 0 Å². The minimum Gasteiger partial charge on any atom is -0.0917 e. The second-order valence-corrected chi connectivity index (χ2v) is 3.33. The highest BCUT2D eigenvalue weighted by Gasteiger charge is 2.13. The summed E-state index contributed by atoms with van der Waals surface area (Å²) in [4.78, 5) is 0. The maximum absolute atomic E-state index is 5.67. The standard InChI is InChI=1S/C6H10Cl2/c1-6(2,3)5(8)4-7/h4H,1-3H3/b5-4-. The Labute approximate surface area is 60.5 Å². The zero-order valence-corrected chi connectivity index (χ0v) is 6.85. The van der Waals surface area contributed by atoms with Gasteiger partial charge in [0.25, 0.3) is 0 Å². The van der Waals surface area contributed by atoms with Gasteiger partial charge >= 0.3 is 0 Å². The molecule has 0 aromatic rings. The largest absolute Gasteiger partial charge is 0.0917 e. The van der Waals surface area contributed by atoms with E-state index in [0.717, 1.165) is 0 Å². The van der Waals surface area contributed by atoms with Crippen molar-refractivity contribution in [3.05, 3.63) is 10.6 Å². The number of allylic oxidation sites excluding steroid dienone is 1. The second-order valence-electron chi connectivity index (χ2n) is 2.71. The summed E-state index contributed by atoms with van der Waals surface area (Å²) in [5, 5.41) is 0.694. The van der Waals surface area contributed by atoms with E-state index in [2.05, 4.69) is 0 Å². The van der Waals surface area contributed by atoms with Crippen molar-refractivity contribution in [1.29, 1.82) is 0 Å². The third-order valence-corrected chi connectivity index (χ3v) is 1.82. The number of halogens is 2. The van der Waals surface area contributed by atoms with Gasteiger partial charge in [-0.3, -0.25) is 0 Å². The smallest absolute Gasteiger partial charge is 0.0347 e. The summed E-state index contributed by atoms with van der Waals surface area (Å²) in [6, 6.07) is 0. The van der Waals surface area contributed by atoms with Gasteiger partial charge in [0.15, 0.2) is 0 Å². The highest BCUT2D eigenvalue weighted by Crippen LogP contribution is 2.28. The molecule has 0 saturated carbocycles. The first-order valence-corrected chi connectivity index (χ1v) is 3.26. The Balaban J connectivity index is 4.03. The molecule has 0 amide bonds. The average molecular weight is 153 g/mol. The fourth-order valence-electron chi connectivity index (χ4n) is 0.164. The van der Waals surface area contributed by atoms with Crippen LogP contribution >= 0.6 is 23.2 Å². The van der Waals surface area contributed by atoms with E-state index in [4.69, 9.17) is 23.2 Å². The van der Waals surface area contributed by atoms with E-state index in [1.807, 2.05) is 20.8 Å². The summed E-state index contributed by atoms with van der Waals surface area (Å²) < 4.78 is 0. The van der Waals surface area contributed by atoms with Crippen molar-refractivity contribution in [1.82, 2.24) is 0 Å². The van der Waals surface area contributed by atoms with Crippen LogP contribution in [0, 0.1) is 5.41 Å². The van der Waals surface area contributed by atoms with Crippen molar-refractivity contribution in [2.24, 2.45) is 5.41 Å².